The molecule has 0 N–H and O–H groups in total. The van der Waals surface area contributed by atoms with Crippen LogP contribution in [-0.4, -0.2) is 90.7 Å². The van der Waals surface area contributed by atoms with E-state index in [1.807, 2.05) is 24.3 Å². The zero-order valence-corrected chi connectivity index (χ0v) is 27.1. The van der Waals surface area contributed by atoms with E-state index in [1.165, 1.54) is 4.90 Å². The minimum Gasteiger partial charge on any atom is -0.492 e. The van der Waals surface area contributed by atoms with E-state index in [0.717, 1.165) is 70.8 Å². The topological polar surface area (TPSA) is 75.4 Å². The Morgan fingerprint density at radius 2 is 2.02 bits per heavy atom. The van der Waals surface area contributed by atoms with Crippen LogP contribution in [0.4, 0.5) is 10.2 Å². The molecule has 3 aliphatic rings. The molecule has 11 heteroatoms. The molecular formula is C36H36ClFN6O3. The second kappa shape index (κ2) is 13.0. The van der Waals surface area contributed by atoms with Crippen LogP contribution in [0.2, 0.25) is 5.02 Å². The summed E-state index contributed by atoms with van der Waals surface area (Å²) in [5, 5.41) is 3.55. The number of rotatable bonds is 7. The van der Waals surface area contributed by atoms with E-state index in [-0.39, 0.29) is 31.7 Å². The number of amides is 1. The Hall–Kier alpha value is -4.46. The molecule has 4 heterocycles. The number of ether oxygens (including phenoxy) is 2. The summed E-state index contributed by atoms with van der Waals surface area (Å²) < 4.78 is 26.7. The first-order valence-electron chi connectivity index (χ1n) is 16.1. The molecule has 0 saturated carbocycles. The van der Waals surface area contributed by atoms with Crippen LogP contribution in [0.1, 0.15) is 24.8 Å². The van der Waals surface area contributed by atoms with Crippen LogP contribution in [0.3, 0.4) is 0 Å². The molecule has 0 radical (unpaired) electrons. The van der Waals surface area contributed by atoms with Crippen LogP contribution in [0.5, 0.6) is 11.8 Å². The Bertz CT molecular complexity index is 1930. The quantitative estimate of drug-likeness (QED) is 0.171. The lowest BCUT2D eigenvalue weighted by Gasteiger charge is -2.40. The van der Waals surface area contributed by atoms with Gasteiger partial charge in [0.1, 0.15) is 24.2 Å². The van der Waals surface area contributed by atoms with Crippen molar-refractivity contribution in [1.82, 2.24) is 19.8 Å². The summed E-state index contributed by atoms with van der Waals surface area (Å²) in [4.78, 5) is 31.9. The van der Waals surface area contributed by atoms with Crippen molar-refractivity contribution in [1.29, 1.82) is 0 Å². The van der Waals surface area contributed by atoms with Crippen LogP contribution in [0.25, 0.3) is 37.6 Å². The van der Waals surface area contributed by atoms with E-state index in [0.29, 0.717) is 36.1 Å². The lowest BCUT2D eigenvalue weighted by atomic mass is 9.89. The number of carbonyl (C=O) groups excluding carboxylic acids is 1. The number of piperazine rings is 1. The van der Waals surface area contributed by atoms with Gasteiger partial charge in [0.25, 0.3) is 5.91 Å². The first-order chi connectivity index (χ1) is 22.8. The first-order valence-corrected chi connectivity index (χ1v) is 16.5. The number of hydrogen-bond acceptors (Lipinski definition) is 7. The average molecular weight is 655 g/mol. The van der Waals surface area contributed by atoms with Crippen molar-refractivity contribution in [3.63, 3.8) is 0 Å². The summed E-state index contributed by atoms with van der Waals surface area (Å²) in [5.74, 6) is -0.455. The zero-order valence-electron chi connectivity index (χ0n) is 26.3. The monoisotopic (exact) mass is 654 g/mol. The molecule has 242 valence electrons. The highest BCUT2D eigenvalue weighted by molar-refractivity contribution is 6.31. The van der Waals surface area contributed by atoms with Gasteiger partial charge in [-0.1, -0.05) is 42.4 Å². The van der Waals surface area contributed by atoms with Gasteiger partial charge in [-0.3, -0.25) is 4.79 Å². The van der Waals surface area contributed by atoms with E-state index in [4.69, 9.17) is 37.6 Å². The summed E-state index contributed by atoms with van der Waals surface area (Å²) in [6.07, 6.45) is 3.84. The molecule has 4 aromatic rings. The molecule has 47 heavy (non-hydrogen) atoms. The molecule has 9 nitrogen and oxygen atoms in total. The summed E-state index contributed by atoms with van der Waals surface area (Å²) in [6.45, 7) is 13.7. The van der Waals surface area contributed by atoms with Crippen LogP contribution in [-0.2, 0) is 11.2 Å². The number of benzene rings is 3. The smallest absolute Gasteiger partial charge is 0.319 e. The highest BCUT2D eigenvalue weighted by Gasteiger charge is 2.36. The Kier molecular flexibility index (Phi) is 8.60. The maximum atomic E-state index is 14.0. The van der Waals surface area contributed by atoms with Gasteiger partial charge in [-0.05, 0) is 79.4 Å². The number of anilines is 1. The highest BCUT2D eigenvalue weighted by Crippen LogP contribution is 2.46. The van der Waals surface area contributed by atoms with Gasteiger partial charge in [0, 0.05) is 36.3 Å². The van der Waals surface area contributed by atoms with Gasteiger partial charge in [-0.25, -0.2) is 11.0 Å². The average Bonchev–Trinajstić information content (AvgIpc) is 3.50. The maximum Gasteiger partial charge on any atom is 0.319 e. The molecule has 0 unspecified atom stereocenters. The Labute approximate surface area is 278 Å². The van der Waals surface area contributed by atoms with Crippen LogP contribution in [0.15, 0.2) is 54.9 Å². The highest BCUT2D eigenvalue weighted by atomic mass is 35.5. The van der Waals surface area contributed by atoms with Gasteiger partial charge < -0.3 is 29.0 Å². The normalized spacial score (nSPS) is 19.8. The number of halogens is 2. The van der Waals surface area contributed by atoms with E-state index in [9.17, 15) is 9.18 Å². The van der Waals surface area contributed by atoms with E-state index < -0.39 is 17.8 Å². The molecule has 3 aromatic carbocycles. The molecule has 0 spiro atoms. The van der Waals surface area contributed by atoms with Gasteiger partial charge >= 0.3 is 6.01 Å². The number of hydrogen-bond donors (Lipinski definition) is 0. The molecule has 1 aromatic heterocycles. The fraction of sp³-hybridized carbons (Fsp3) is 0.389. The van der Waals surface area contributed by atoms with Gasteiger partial charge in [0.05, 0.1) is 17.5 Å². The predicted octanol–water partition coefficient (Wildman–Crippen LogP) is 6.32. The molecule has 0 bridgehead atoms. The van der Waals surface area contributed by atoms with Gasteiger partial charge in [-0.2, -0.15) is 9.97 Å². The SMILES string of the molecule is [C-]#[N+]C[C@H]1CN(c2nc(OC[C@@H]3CCCN3C)nc3cc(-c4cccc5ccc(Cl)cc45)c4c(c23)OCCC4)CCN1C(=O)C(=C)F. The van der Waals surface area contributed by atoms with Gasteiger partial charge in [0.2, 0.25) is 6.54 Å². The molecule has 2 atom stereocenters. The maximum absolute atomic E-state index is 14.0. The third-order valence-electron chi connectivity index (χ3n) is 9.61. The van der Waals surface area contributed by atoms with E-state index in [1.54, 1.807) is 0 Å². The Morgan fingerprint density at radius 3 is 2.81 bits per heavy atom. The van der Waals surface area contributed by atoms with Crippen molar-refractivity contribution in [3.8, 4) is 22.9 Å². The summed E-state index contributed by atoms with van der Waals surface area (Å²) in [6, 6.07) is 14.2. The van der Waals surface area contributed by atoms with E-state index in [2.05, 4.69) is 46.5 Å². The number of likely N-dealkylation sites (tertiary alicyclic amines) is 1. The van der Waals surface area contributed by atoms with Crippen molar-refractivity contribution in [2.75, 3.05) is 57.9 Å². The molecular weight excluding hydrogens is 619 g/mol. The molecule has 7 rings (SSSR count). The standard InChI is InChI=1S/C36H36ClFN6O3/c1-22(38)35(45)44-15-14-43(20-26(44)19-39-2)34-32-31(40-36(41-34)47-21-25-8-5-13-42(25)3)18-30(28-10-6-16-46-33(28)32)27-9-4-7-23-11-12-24(37)17-29(23)27/h4,7,9,11-12,17-18,25-26H,1,5-6,8,10,13-16,19-21H2,3H3/t25-,26-/m0/s1. The first kappa shape index (κ1) is 31.2. The molecule has 3 aliphatic heterocycles. The van der Waals surface area contributed by atoms with Gasteiger partial charge in [-0.15, -0.1) is 0 Å². The van der Waals surface area contributed by atoms with Crippen molar-refractivity contribution in [2.45, 2.75) is 37.8 Å². The zero-order chi connectivity index (χ0) is 32.7. The van der Waals surface area contributed by atoms with Crippen LogP contribution >= 0.6 is 11.6 Å². The fourth-order valence-corrected chi connectivity index (χ4v) is 7.37. The van der Waals surface area contributed by atoms with Crippen molar-refractivity contribution >= 4 is 45.0 Å². The van der Waals surface area contributed by atoms with Crippen molar-refractivity contribution in [2.24, 2.45) is 0 Å². The molecule has 2 saturated heterocycles. The number of likely N-dealkylation sites (N-methyl/N-ethyl adjacent to an activating group) is 1. The lowest BCUT2D eigenvalue weighted by Crippen LogP contribution is -2.56. The molecule has 1 amide bonds. The number of nitrogens with zero attached hydrogens (tertiary/aromatic N) is 6. The third-order valence-corrected chi connectivity index (χ3v) is 9.85. The number of carbonyl (C=O) groups is 1. The number of fused-ring (bicyclic) bond motifs is 4. The predicted molar refractivity (Wildman–Crippen MR) is 182 cm³/mol. The second-order valence-corrected chi connectivity index (χ2v) is 12.9. The molecule has 2 fully saturated rings. The largest absolute Gasteiger partial charge is 0.492 e. The van der Waals surface area contributed by atoms with Crippen LogP contribution < -0.4 is 14.4 Å². The van der Waals surface area contributed by atoms with Crippen molar-refractivity contribution in [3.05, 3.63) is 76.9 Å². The van der Waals surface area contributed by atoms with Crippen molar-refractivity contribution < 1.29 is 18.7 Å². The second-order valence-electron chi connectivity index (χ2n) is 12.5. The lowest BCUT2D eigenvalue weighted by molar-refractivity contribution is -0.131. The summed E-state index contributed by atoms with van der Waals surface area (Å²) in [7, 11) is 2.10. The minimum absolute atomic E-state index is 0.0261. The molecule has 0 aliphatic carbocycles. The van der Waals surface area contributed by atoms with Crippen LogP contribution in [0, 0.1) is 6.57 Å². The Balaban J connectivity index is 1.39. The third kappa shape index (κ3) is 5.94. The number of aromatic nitrogens is 2. The fourth-order valence-electron chi connectivity index (χ4n) is 7.20. The Morgan fingerprint density at radius 1 is 1.15 bits per heavy atom. The van der Waals surface area contributed by atoms with E-state index >= 15 is 0 Å². The van der Waals surface area contributed by atoms with Gasteiger partial charge in [0.15, 0.2) is 5.83 Å². The minimum atomic E-state index is -1.03. The summed E-state index contributed by atoms with van der Waals surface area (Å²) in [5.41, 5.74) is 3.81. The summed E-state index contributed by atoms with van der Waals surface area (Å²) >= 11 is 6.48.